The van der Waals surface area contributed by atoms with Gasteiger partial charge in [0.2, 0.25) is 5.91 Å². The number of benzene rings is 1. The van der Waals surface area contributed by atoms with Crippen LogP contribution in [0, 0.1) is 0 Å². The van der Waals surface area contributed by atoms with Gasteiger partial charge in [0.05, 0.1) is 6.10 Å². The molecule has 1 aromatic carbocycles. The average molecular weight is 290 g/mol. The van der Waals surface area contributed by atoms with Crippen molar-refractivity contribution in [2.45, 2.75) is 58.2 Å². The highest BCUT2D eigenvalue weighted by Gasteiger charge is 2.25. The summed E-state index contributed by atoms with van der Waals surface area (Å²) in [5.41, 5.74) is 2.02. The van der Waals surface area contributed by atoms with Gasteiger partial charge in [-0.3, -0.25) is 4.79 Å². The molecule has 1 heterocycles. The zero-order valence-corrected chi connectivity index (χ0v) is 13.2. The molecule has 1 aliphatic heterocycles. The molecule has 4 heteroatoms. The first-order chi connectivity index (χ1) is 10.1. The van der Waals surface area contributed by atoms with Gasteiger partial charge in [-0.1, -0.05) is 19.1 Å². The minimum Gasteiger partial charge on any atom is -0.377 e. The van der Waals surface area contributed by atoms with Crippen molar-refractivity contribution in [1.29, 1.82) is 0 Å². The Morgan fingerprint density at radius 3 is 2.90 bits per heavy atom. The van der Waals surface area contributed by atoms with E-state index in [4.69, 9.17) is 4.74 Å². The summed E-state index contributed by atoms with van der Waals surface area (Å²) in [5.74, 6) is -0.0430. The Kier molecular flexibility index (Phi) is 5.76. The highest BCUT2D eigenvalue weighted by atomic mass is 16.5. The van der Waals surface area contributed by atoms with Gasteiger partial charge in [0.15, 0.2) is 0 Å². The summed E-state index contributed by atoms with van der Waals surface area (Å²) < 4.78 is 5.80. The van der Waals surface area contributed by atoms with Crippen molar-refractivity contribution in [1.82, 2.24) is 5.32 Å². The lowest BCUT2D eigenvalue weighted by Gasteiger charge is -2.27. The third-order valence-electron chi connectivity index (χ3n) is 4.02. The third kappa shape index (κ3) is 4.55. The molecule has 0 spiro atoms. The van der Waals surface area contributed by atoms with Crippen LogP contribution in [0.25, 0.3) is 0 Å². The monoisotopic (exact) mass is 290 g/mol. The Bertz CT molecular complexity index is 470. The smallest absolute Gasteiger partial charge is 0.221 e. The lowest BCUT2D eigenvalue weighted by molar-refractivity contribution is -0.114. The van der Waals surface area contributed by atoms with Gasteiger partial charge in [-0.15, -0.1) is 0 Å². The number of carbonyl (C=O) groups excluding carboxylic acids is 1. The summed E-state index contributed by atoms with van der Waals surface area (Å²) in [7, 11) is 0. The second-order valence-corrected chi connectivity index (χ2v) is 5.76. The number of ether oxygens (including phenoxy) is 1. The van der Waals surface area contributed by atoms with Gasteiger partial charge in [-0.2, -0.15) is 0 Å². The van der Waals surface area contributed by atoms with Crippen molar-refractivity contribution in [3.8, 4) is 0 Å². The standard InChI is InChI=1S/C17H26N2O2/c1-4-16(17-9-6-10-21-17)18-12(2)14-7-5-8-15(11-14)19-13(3)20/h5,7-8,11-12,16-18H,4,6,9-10H2,1-3H3,(H,19,20)/t12-,16-,17+/m0/s1. The SMILES string of the molecule is CC[C@H](N[C@@H](C)c1cccc(NC(C)=O)c1)[C@H]1CCCO1. The lowest BCUT2D eigenvalue weighted by atomic mass is 10.0. The van der Waals surface area contributed by atoms with Crippen LogP contribution in [0.15, 0.2) is 24.3 Å². The van der Waals surface area contributed by atoms with Gasteiger partial charge in [0.1, 0.15) is 0 Å². The van der Waals surface area contributed by atoms with Crippen LogP contribution in [0.5, 0.6) is 0 Å². The zero-order chi connectivity index (χ0) is 15.2. The van der Waals surface area contributed by atoms with E-state index in [1.54, 1.807) is 0 Å². The molecule has 2 N–H and O–H groups in total. The van der Waals surface area contributed by atoms with E-state index < -0.39 is 0 Å². The van der Waals surface area contributed by atoms with Crippen LogP contribution in [-0.2, 0) is 9.53 Å². The molecular weight excluding hydrogens is 264 g/mol. The van der Waals surface area contributed by atoms with Crippen molar-refractivity contribution in [2.75, 3.05) is 11.9 Å². The van der Waals surface area contributed by atoms with Crippen LogP contribution in [0.2, 0.25) is 0 Å². The number of nitrogens with one attached hydrogen (secondary N) is 2. The van der Waals surface area contributed by atoms with Gasteiger partial charge >= 0.3 is 0 Å². The number of amides is 1. The molecule has 0 unspecified atom stereocenters. The molecule has 0 saturated carbocycles. The maximum absolute atomic E-state index is 11.1. The van der Waals surface area contributed by atoms with Crippen LogP contribution in [0.4, 0.5) is 5.69 Å². The molecule has 0 bridgehead atoms. The molecule has 3 atom stereocenters. The third-order valence-corrected chi connectivity index (χ3v) is 4.02. The Morgan fingerprint density at radius 2 is 2.29 bits per heavy atom. The largest absolute Gasteiger partial charge is 0.377 e. The van der Waals surface area contributed by atoms with E-state index in [0.29, 0.717) is 12.1 Å². The van der Waals surface area contributed by atoms with Crippen LogP contribution in [0.3, 0.4) is 0 Å². The predicted octanol–water partition coefficient (Wildman–Crippen LogP) is 3.25. The average Bonchev–Trinajstić information content (AvgIpc) is 2.98. The first kappa shape index (κ1) is 16.0. The van der Waals surface area contributed by atoms with Crippen LogP contribution >= 0.6 is 0 Å². The Balaban J connectivity index is 2.01. The van der Waals surface area contributed by atoms with Crippen molar-refractivity contribution >= 4 is 11.6 Å². The Morgan fingerprint density at radius 1 is 1.48 bits per heavy atom. The summed E-state index contributed by atoms with van der Waals surface area (Å²) in [6, 6.07) is 8.62. The van der Waals surface area contributed by atoms with Crippen molar-refractivity contribution in [3.05, 3.63) is 29.8 Å². The van der Waals surface area contributed by atoms with Crippen LogP contribution in [-0.4, -0.2) is 24.7 Å². The molecule has 21 heavy (non-hydrogen) atoms. The fourth-order valence-corrected chi connectivity index (χ4v) is 2.91. The number of hydrogen-bond acceptors (Lipinski definition) is 3. The number of anilines is 1. The highest BCUT2D eigenvalue weighted by molar-refractivity contribution is 5.88. The molecule has 1 aliphatic rings. The molecule has 4 nitrogen and oxygen atoms in total. The highest BCUT2D eigenvalue weighted by Crippen LogP contribution is 2.22. The minimum absolute atomic E-state index is 0.0430. The molecule has 0 radical (unpaired) electrons. The first-order valence-electron chi connectivity index (χ1n) is 7.85. The summed E-state index contributed by atoms with van der Waals surface area (Å²) in [6.07, 6.45) is 3.69. The molecule has 1 aromatic rings. The molecule has 0 aliphatic carbocycles. The second kappa shape index (κ2) is 7.57. The molecule has 1 amide bonds. The maximum Gasteiger partial charge on any atom is 0.221 e. The van der Waals surface area contributed by atoms with Crippen molar-refractivity contribution in [2.24, 2.45) is 0 Å². The van der Waals surface area contributed by atoms with Gasteiger partial charge in [-0.05, 0) is 43.9 Å². The summed E-state index contributed by atoms with van der Waals surface area (Å²) in [4.78, 5) is 11.1. The lowest BCUT2D eigenvalue weighted by Crippen LogP contribution is -2.40. The molecule has 1 fully saturated rings. The normalized spacial score (nSPS) is 21.0. The molecule has 2 rings (SSSR count). The number of carbonyl (C=O) groups is 1. The maximum atomic E-state index is 11.1. The second-order valence-electron chi connectivity index (χ2n) is 5.76. The minimum atomic E-state index is -0.0430. The van der Waals surface area contributed by atoms with Crippen molar-refractivity contribution in [3.63, 3.8) is 0 Å². The van der Waals surface area contributed by atoms with Gasteiger partial charge in [-0.25, -0.2) is 0 Å². The van der Waals surface area contributed by atoms with Gasteiger partial charge < -0.3 is 15.4 Å². The van der Waals surface area contributed by atoms with Gasteiger partial charge in [0.25, 0.3) is 0 Å². The van der Waals surface area contributed by atoms with E-state index in [1.165, 1.54) is 12.5 Å². The Labute approximate surface area is 127 Å². The van der Waals surface area contributed by atoms with E-state index in [-0.39, 0.29) is 11.9 Å². The molecular formula is C17H26N2O2. The topological polar surface area (TPSA) is 50.4 Å². The van der Waals surface area contributed by atoms with Crippen LogP contribution in [0.1, 0.15) is 51.6 Å². The predicted molar refractivity (Wildman–Crippen MR) is 85.3 cm³/mol. The van der Waals surface area contributed by atoms with E-state index in [2.05, 4.69) is 30.5 Å². The number of hydrogen-bond donors (Lipinski definition) is 2. The molecule has 0 aromatic heterocycles. The molecule has 116 valence electrons. The summed E-state index contributed by atoms with van der Waals surface area (Å²) in [6.45, 7) is 6.76. The van der Waals surface area contributed by atoms with E-state index >= 15 is 0 Å². The van der Waals surface area contributed by atoms with E-state index in [1.807, 2.05) is 18.2 Å². The molecule has 1 saturated heterocycles. The fourth-order valence-electron chi connectivity index (χ4n) is 2.91. The van der Waals surface area contributed by atoms with Crippen molar-refractivity contribution < 1.29 is 9.53 Å². The van der Waals surface area contributed by atoms with Crippen LogP contribution < -0.4 is 10.6 Å². The summed E-state index contributed by atoms with van der Waals surface area (Å²) in [5, 5.41) is 6.50. The van der Waals surface area contributed by atoms with E-state index in [0.717, 1.165) is 31.6 Å². The quantitative estimate of drug-likeness (QED) is 0.845. The van der Waals surface area contributed by atoms with E-state index in [9.17, 15) is 4.79 Å². The fraction of sp³-hybridized carbons (Fsp3) is 0.588. The Hall–Kier alpha value is -1.39. The zero-order valence-electron chi connectivity index (χ0n) is 13.2. The first-order valence-corrected chi connectivity index (χ1v) is 7.85. The number of rotatable bonds is 6. The van der Waals surface area contributed by atoms with Gasteiger partial charge in [0, 0.05) is 31.3 Å². The summed E-state index contributed by atoms with van der Waals surface area (Å²) >= 11 is 0.